The van der Waals surface area contributed by atoms with Gasteiger partial charge in [0.25, 0.3) is 5.91 Å². The van der Waals surface area contributed by atoms with E-state index in [1.807, 2.05) is 4.90 Å². The molecule has 1 unspecified atom stereocenters. The average molecular weight is 417 g/mol. The van der Waals surface area contributed by atoms with Crippen molar-refractivity contribution in [2.45, 2.75) is 38.7 Å². The number of H-pyrrole nitrogens is 1. The van der Waals surface area contributed by atoms with E-state index in [1.54, 1.807) is 13.0 Å². The molecule has 1 aromatic rings. The fourth-order valence-corrected chi connectivity index (χ4v) is 4.43. The molecule has 1 aliphatic carbocycles. The molecule has 0 spiro atoms. The summed E-state index contributed by atoms with van der Waals surface area (Å²) < 4.78 is 5.63. The summed E-state index contributed by atoms with van der Waals surface area (Å²) in [6.07, 6.45) is 4.83. The van der Waals surface area contributed by atoms with Crippen LogP contribution in [0.25, 0.3) is 0 Å². The van der Waals surface area contributed by atoms with Crippen LogP contribution in [-0.4, -0.2) is 78.6 Å². The maximum absolute atomic E-state index is 12.4. The first-order valence-corrected chi connectivity index (χ1v) is 11.1. The Morgan fingerprint density at radius 3 is 2.57 bits per heavy atom. The SMILES string of the molecule is Cc1cc(C(=O)NCC2CN(CC3CCN(CC4CC4)CC3)C(=O)CO2)cc(=O)[nH]1. The number of carbonyl (C=O) groups excluding carboxylic acids is 2. The maximum Gasteiger partial charge on any atom is 0.251 e. The van der Waals surface area contributed by atoms with E-state index in [9.17, 15) is 14.4 Å². The van der Waals surface area contributed by atoms with E-state index in [0.29, 0.717) is 30.3 Å². The summed E-state index contributed by atoms with van der Waals surface area (Å²) >= 11 is 0. The number of likely N-dealkylation sites (tertiary alicyclic amines) is 1. The van der Waals surface area contributed by atoms with E-state index in [-0.39, 0.29) is 30.1 Å². The van der Waals surface area contributed by atoms with Gasteiger partial charge in [0.15, 0.2) is 0 Å². The van der Waals surface area contributed by atoms with Crippen LogP contribution in [0, 0.1) is 18.8 Å². The molecule has 0 radical (unpaired) electrons. The molecule has 2 aliphatic heterocycles. The smallest absolute Gasteiger partial charge is 0.251 e. The van der Waals surface area contributed by atoms with Gasteiger partial charge in [-0.1, -0.05) is 0 Å². The van der Waals surface area contributed by atoms with Crippen molar-refractivity contribution >= 4 is 11.8 Å². The molecule has 2 saturated heterocycles. The van der Waals surface area contributed by atoms with Gasteiger partial charge in [-0.05, 0) is 63.6 Å². The number of amides is 2. The molecule has 0 aromatic carbocycles. The van der Waals surface area contributed by atoms with E-state index in [4.69, 9.17) is 4.74 Å². The molecule has 8 heteroatoms. The summed E-state index contributed by atoms with van der Waals surface area (Å²) in [6, 6.07) is 2.93. The van der Waals surface area contributed by atoms with Crippen LogP contribution >= 0.6 is 0 Å². The molecule has 8 nitrogen and oxygen atoms in total. The fraction of sp³-hybridized carbons (Fsp3) is 0.682. The normalized spacial score (nSPS) is 23.6. The standard InChI is InChI=1S/C22H32N4O4/c1-15-8-18(9-20(27)24-15)22(29)23-10-19-13-26(21(28)14-30-19)12-17-4-6-25(7-5-17)11-16-2-3-16/h8-9,16-17,19H,2-7,10-14H2,1H3,(H,23,29)(H,24,27). The number of aromatic amines is 1. The van der Waals surface area contributed by atoms with Gasteiger partial charge in [0.1, 0.15) is 6.61 Å². The molecule has 4 rings (SSSR count). The highest BCUT2D eigenvalue weighted by molar-refractivity contribution is 5.94. The Balaban J connectivity index is 1.23. The molecule has 3 fully saturated rings. The number of carbonyl (C=O) groups is 2. The van der Waals surface area contributed by atoms with Crippen molar-refractivity contribution in [3.63, 3.8) is 0 Å². The lowest BCUT2D eigenvalue weighted by atomic mass is 9.95. The van der Waals surface area contributed by atoms with Crippen LogP contribution in [0.2, 0.25) is 0 Å². The third kappa shape index (κ3) is 5.70. The van der Waals surface area contributed by atoms with Gasteiger partial charge in [-0.3, -0.25) is 14.4 Å². The van der Waals surface area contributed by atoms with E-state index in [0.717, 1.165) is 38.4 Å². The zero-order chi connectivity index (χ0) is 21.1. The highest BCUT2D eigenvalue weighted by atomic mass is 16.5. The topological polar surface area (TPSA) is 94.7 Å². The lowest BCUT2D eigenvalue weighted by molar-refractivity contribution is -0.149. The quantitative estimate of drug-likeness (QED) is 0.685. The van der Waals surface area contributed by atoms with Crippen molar-refractivity contribution in [1.29, 1.82) is 0 Å². The number of piperidine rings is 1. The molecular weight excluding hydrogens is 384 g/mol. The molecule has 2 amide bonds. The Morgan fingerprint density at radius 2 is 1.87 bits per heavy atom. The summed E-state index contributed by atoms with van der Waals surface area (Å²) in [7, 11) is 0. The number of pyridine rings is 1. The van der Waals surface area contributed by atoms with Crippen molar-refractivity contribution in [1.82, 2.24) is 20.1 Å². The highest BCUT2D eigenvalue weighted by Crippen LogP contribution is 2.31. The van der Waals surface area contributed by atoms with Crippen molar-refractivity contribution in [3.8, 4) is 0 Å². The molecule has 3 heterocycles. The van der Waals surface area contributed by atoms with Gasteiger partial charge in [0.2, 0.25) is 11.5 Å². The minimum atomic E-state index is -0.306. The first kappa shape index (κ1) is 21.1. The Bertz CT molecular complexity index is 827. The van der Waals surface area contributed by atoms with Crippen molar-refractivity contribution in [2.24, 2.45) is 11.8 Å². The van der Waals surface area contributed by atoms with E-state index < -0.39 is 0 Å². The predicted octanol–water partition coefficient (Wildman–Crippen LogP) is 0.763. The predicted molar refractivity (Wildman–Crippen MR) is 112 cm³/mol. The number of hydrogen-bond donors (Lipinski definition) is 2. The first-order chi connectivity index (χ1) is 14.5. The third-order valence-electron chi connectivity index (χ3n) is 6.35. The van der Waals surface area contributed by atoms with Crippen LogP contribution in [0.15, 0.2) is 16.9 Å². The zero-order valence-corrected chi connectivity index (χ0v) is 17.7. The van der Waals surface area contributed by atoms with Crippen molar-refractivity contribution in [2.75, 3.05) is 45.9 Å². The lowest BCUT2D eigenvalue weighted by Crippen LogP contribution is -2.52. The van der Waals surface area contributed by atoms with Crippen LogP contribution in [-0.2, 0) is 9.53 Å². The monoisotopic (exact) mass is 416 g/mol. The minimum Gasteiger partial charge on any atom is -0.365 e. The van der Waals surface area contributed by atoms with Crippen LogP contribution in [0.3, 0.4) is 0 Å². The first-order valence-electron chi connectivity index (χ1n) is 11.1. The van der Waals surface area contributed by atoms with Gasteiger partial charge in [0, 0.05) is 43.5 Å². The van der Waals surface area contributed by atoms with E-state index in [1.165, 1.54) is 25.5 Å². The summed E-state index contributed by atoms with van der Waals surface area (Å²) in [5.74, 6) is 1.19. The van der Waals surface area contributed by atoms with Gasteiger partial charge in [-0.2, -0.15) is 0 Å². The zero-order valence-electron chi connectivity index (χ0n) is 17.7. The molecule has 2 N–H and O–H groups in total. The Hall–Kier alpha value is -2.19. The molecule has 0 bridgehead atoms. The molecule has 1 atom stereocenters. The second-order valence-electron chi connectivity index (χ2n) is 9.05. The number of aromatic nitrogens is 1. The van der Waals surface area contributed by atoms with Gasteiger partial charge < -0.3 is 24.8 Å². The van der Waals surface area contributed by atoms with Crippen LogP contribution in [0.1, 0.15) is 41.7 Å². The Morgan fingerprint density at radius 1 is 1.13 bits per heavy atom. The molecular formula is C22H32N4O4. The summed E-state index contributed by atoms with van der Waals surface area (Å²) in [4.78, 5) is 43.4. The lowest BCUT2D eigenvalue weighted by Gasteiger charge is -2.38. The van der Waals surface area contributed by atoms with E-state index in [2.05, 4.69) is 15.2 Å². The highest BCUT2D eigenvalue weighted by Gasteiger charge is 2.31. The van der Waals surface area contributed by atoms with Gasteiger partial charge >= 0.3 is 0 Å². The van der Waals surface area contributed by atoms with Gasteiger partial charge in [0.05, 0.1) is 6.10 Å². The summed E-state index contributed by atoms with van der Waals surface area (Å²) in [5, 5.41) is 2.83. The molecule has 1 aromatic heterocycles. The maximum atomic E-state index is 12.4. The molecule has 164 valence electrons. The number of nitrogens with one attached hydrogen (secondary N) is 2. The van der Waals surface area contributed by atoms with Crippen LogP contribution in [0.4, 0.5) is 0 Å². The summed E-state index contributed by atoms with van der Waals surface area (Å²) in [5.41, 5.74) is 0.675. The van der Waals surface area contributed by atoms with Crippen LogP contribution < -0.4 is 10.9 Å². The summed E-state index contributed by atoms with van der Waals surface area (Å²) in [6.45, 7) is 6.90. The molecule has 30 heavy (non-hydrogen) atoms. The van der Waals surface area contributed by atoms with Gasteiger partial charge in [-0.25, -0.2) is 0 Å². The number of aryl methyl sites for hydroxylation is 1. The number of morpholine rings is 1. The van der Waals surface area contributed by atoms with Gasteiger partial charge in [-0.15, -0.1) is 0 Å². The Labute approximate surface area is 177 Å². The minimum absolute atomic E-state index is 0.0307. The van der Waals surface area contributed by atoms with Crippen LogP contribution in [0.5, 0.6) is 0 Å². The second-order valence-corrected chi connectivity index (χ2v) is 9.05. The Kier molecular flexibility index (Phi) is 6.53. The van der Waals surface area contributed by atoms with E-state index >= 15 is 0 Å². The fourth-order valence-electron chi connectivity index (χ4n) is 4.43. The second kappa shape index (κ2) is 9.31. The van der Waals surface area contributed by atoms with Crippen molar-refractivity contribution in [3.05, 3.63) is 33.7 Å². The molecule has 1 saturated carbocycles. The largest absolute Gasteiger partial charge is 0.365 e. The van der Waals surface area contributed by atoms with Crippen molar-refractivity contribution < 1.29 is 14.3 Å². The number of ether oxygens (including phenoxy) is 1. The number of rotatable bonds is 7. The number of hydrogen-bond acceptors (Lipinski definition) is 5. The third-order valence-corrected chi connectivity index (χ3v) is 6.35. The average Bonchev–Trinajstić information content (AvgIpc) is 3.53. The molecule has 3 aliphatic rings. The number of nitrogens with zero attached hydrogens (tertiary/aromatic N) is 2.